The monoisotopic (exact) mass is 687 g/mol. The van der Waals surface area contributed by atoms with E-state index in [1.807, 2.05) is 60.7 Å². The summed E-state index contributed by atoms with van der Waals surface area (Å²) in [5, 5.41) is 7.59. The third-order valence-electron chi connectivity index (χ3n) is 7.65. The summed E-state index contributed by atoms with van der Waals surface area (Å²) in [6, 6.07) is 17.4. The normalized spacial score (nSPS) is 20.0. The molecule has 48 heavy (non-hydrogen) atoms. The summed E-state index contributed by atoms with van der Waals surface area (Å²) in [5.74, 6) is -2.13. The van der Waals surface area contributed by atoms with Gasteiger partial charge < -0.3 is 30.1 Å². The summed E-state index contributed by atoms with van der Waals surface area (Å²) in [5.41, 5.74) is 7.79. The average molecular weight is 688 g/mol. The minimum atomic E-state index is -1.02. The molecule has 3 N–H and O–H groups in total. The fourth-order valence-electron chi connectivity index (χ4n) is 5.40. The molecule has 0 unspecified atom stereocenters. The number of anilines is 1. The number of fused-ring (bicyclic) bond motifs is 1. The van der Waals surface area contributed by atoms with Crippen molar-refractivity contribution in [2.45, 2.75) is 24.4 Å². The van der Waals surface area contributed by atoms with Gasteiger partial charge in [0.2, 0.25) is 0 Å². The molecule has 0 bridgehead atoms. The number of esters is 2. The summed E-state index contributed by atoms with van der Waals surface area (Å²) in [4.78, 5) is 64.0. The summed E-state index contributed by atoms with van der Waals surface area (Å²) < 4.78 is 17.0. The Bertz CT molecular complexity index is 1860. The van der Waals surface area contributed by atoms with Crippen LogP contribution >= 0.6 is 23.1 Å². The molecule has 0 aliphatic carbocycles. The number of cyclic esters (lactones) is 1. The van der Waals surface area contributed by atoms with Crippen LogP contribution in [0.25, 0.3) is 0 Å². The second-order valence-electron chi connectivity index (χ2n) is 10.6. The maximum Gasteiger partial charge on any atom is 0.356 e. The van der Waals surface area contributed by atoms with Crippen molar-refractivity contribution >= 4 is 57.7 Å². The highest BCUT2D eigenvalue weighted by Crippen LogP contribution is 2.43. The topological polar surface area (TPSA) is 172 Å². The molecule has 0 radical (unpaired) electrons. The lowest BCUT2D eigenvalue weighted by Gasteiger charge is -2.49. The van der Waals surface area contributed by atoms with Gasteiger partial charge in [0.25, 0.3) is 11.8 Å². The molecule has 2 amide bonds. The molecule has 6 rings (SSSR count). The third kappa shape index (κ3) is 6.16. The van der Waals surface area contributed by atoms with Gasteiger partial charge in [-0.25, -0.2) is 14.6 Å². The molecular weight excluding hydrogens is 659 g/mol. The number of nitrogens with zero attached hydrogens (tertiary/aromatic N) is 3. The quantitative estimate of drug-likeness (QED) is 0.139. The minimum absolute atomic E-state index is 0.0484. The first-order chi connectivity index (χ1) is 23.2. The number of nitrogens with two attached hydrogens (primary N) is 1. The van der Waals surface area contributed by atoms with Gasteiger partial charge in [-0.1, -0.05) is 65.8 Å². The summed E-state index contributed by atoms with van der Waals surface area (Å²) in [6.07, 6.45) is 0.697. The Morgan fingerprint density at radius 3 is 2.35 bits per heavy atom. The Morgan fingerprint density at radius 1 is 1.10 bits per heavy atom. The van der Waals surface area contributed by atoms with Gasteiger partial charge in [0.1, 0.15) is 29.9 Å². The van der Waals surface area contributed by atoms with Gasteiger partial charge in [0.05, 0.1) is 12.7 Å². The van der Waals surface area contributed by atoms with Crippen molar-refractivity contribution in [2.24, 2.45) is 5.16 Å². The zero-order chi connectivity index (χ0) is 33.9. The molecule has 0 saturated carbocycles. The number of carbonyl (C=O) groups excluding carboxylic acids is 4. The van der Waals surface area contributed by atoms with Gasteiger partial charge in [-0.05, 0) is 29.7 Å². The number of thiazole rings is 1. The highest BCUT2D eigenvalue weighted by Gasteiger charge is 2.55. The van der Waals surface area contributed by atoms with Gasteiger partial charge in [-0.3, -0.25) is 14.5 Å². The Labute approximate surface area is 283 Å². The molecule has 1 saturated heterocycles. The van der Waals surface area contributed by atoms with E-state index >= 15 is 0 Å². The number of thioether (sulfide) groups is 1. The molecule has 2 aromatic carbocycles. The standard InChI is InChI=1S/C33H29N5O8S2/c1-17-26(43-2)22(45-31(17)41)14-20-15-47-30-24(36-28(39)23(37-44-3)21-16-48-33(34)35-21)29(40)38(30)25(20)32(42)46-27(18-10-6-4-7-11-18)19-12-8-5-9-13-19/h4-14,16,24,27,30H,15H2,1-3H3,(H2,34,35)(H,36,39)/b22-14+,37-23-/t24-,30+/m1/s1. The number of rotatable bonds is 10. The highest BCUT2D eigenvalue weighted by atomic mass is 32.2. The van der Waals surface area contributed by atoms with Crippen LogP contribution in [0.2, 0.25) is 0 Å². The van der Waals surface area contributed by atoms with E-state index in [4.69, 9.17) is 24.8 Å². The van der Waals surface area contributed by atoms with Crippen LogP contribution in [-0.4, -0.2) is 70.7 Å². The number of hydrogen-bond donors (Lipinski definition) is 2. The van der Waals surface area contributed by atoms with Crippen LogP contribution in [0.1, 0.15) is 29.8 Å². The molecule has 3 aliphatic heterocycles. The zero-order valence-corrected chi connectivity index (χ0v) is 27.5. The van der Waals surface area contributed by atoms with Crippen molar-refractivity contribution < 1.29 is 38.2 Å². The molecular formula is C33H29N5O8S2. The lowest BCUT2D eigenvalue weighted by atomic mass is 10.00. The third-order valence-corrected chi connectivity index (χ3v) is 9.63. The molecule has 1 aromatic heterocycles. The van der Waals surface area contributed by atoms with E-state index in [-0.39, 0.29) is 45.1 Å². The molecule has 3 aromatic rings. The maximum atomic E-state index is 14.3. The van der Waals surface area contributed by atoms with Crippen molar-refractivity contribution in [3.63, 3.8) is 0 Å². The van der Waals surface area contributed by atoms with E-state index in [0.717, 1.165) is 22.5 Å². The van der Waals surface area contributed by atoms with E-state index in [2.05, 4.69) is 15.5 Å². The number of allylic oxidation sites excluding steroid dienone is 1. The number of ether oxygens (including phenoxy) is 3. The highest BCUT2D eigenvalue weighted by molar-refractivity contribution is 8.00. The van der Waals surface area contributed by atoms with Crippen molar-refractivity contribution in [1.29, 1.82) is 0 Å². The molecule has 2 atom stereocenters. The molecule has 0 spiro atoms. The number of methoxy groups -OCH3 is 1. The van der Waals surface area contributed by atoms with Gasteiger partial charge >= 0.3 is 11.9 Å². The predicted octanol–water partition coefficient (Wildman–Crippen LogP) is 3.42. The number of amides is 2. The Hall–Kier alpha value is -5.41. The van der Waals surface area contributed by atoms with Gasteiger partial charge in [0, 0.05) is 11.1 Å². The predicted molar refractivity (Wildman–Crippen MR) is 177 cm³/mol. The lowest BCUT2D eigenvalue weighted by molar-refractivity contribution is -0.154. The van der Waals surface area contributed by atoms with E-state index in [0.29, 0.717) is 5.57 Å². The fourth-order valence-corrected chi connectivity index (χ4v) is 7.25. The first-order valence-electron chi connectivity index (χ1n) is 14.5. The largest absolute Gasteiger partial charge is 0.492 e. The Balaban J connectivity index is 1.35. The summed E-state index contributed by atoms with van der Waals surface area (Å²) in [6.45, 7) is 1.56. The first-order valence-corrected chi connectivity index (χ1v) is 16.5. The molecule has 4 heterocycles. The van der Waals surface area contributed by atoms with E-state index in [1.54, 1.807) is 12.3 Å². The van der Waals surface area contributed by atoms with Gasteiger partial charge in [-0.15, -0.1) is 23.1 Å². The van der Waals surface area contributed by atoms with Gasteiger partial charge in [0.15, 0.2) is 28.5 Å². The molecule has 13 nitrogen and oxygen atoms in total. The van der Waals surface area contributed by atoms with E-state index in [1.165, 1.54) is 37.0 Å². The number of carbonyl (C=O) groups is 4. The first kappa shape index (κ1) is 32.5. The van der Waals surface area contributed by atoms with Crippen LogP contribution < -0.4 is 11.1 Å². The number of aromatic nitrogens is 1. The number of nitrogen functional groups attached to an aromatic ring is 1. The second kappa shape index (κ2) is 13.8. The molecule has 3 aliphatic rings. The number of oxime groups is 1. The van der Waals surface area contributed by atoms with E-state index in [9.17, 15) is 19.2 Å². The lowest BCUT2D eigenvalue weighted by Crippen LogP contribution is -2.71. The van der Waals surface area contributed by atoms with Crippen molar-refractivity contribution in [3.8, 4) is 0 Å². The number of nitrogens with one attached hydrogen (secondary N) is 1. The molecule has 1 fully saturated rings. The fraction of sp³-hybridized carbons (Fsp3) is 0.212. The average Bonchev–Trinajstić information content (AvgIpc) is 3.65. The Morgan fingerprint density at radius 2 is 1.77 bits per heavy atom. The smallest absolute Gasteiger partial charge is 0.356 e. The van der Waals surface area contributed by atoms with Crippen molar-refractivity contribution in [2.75, 3.05) is 25.7 Å². The maximum absolute atomic E-state index is 14.3. The van der Waals surface area contributed by atoms with Crippen LogP contribution in [0.15, 0.2) is 106 Å². The number of β-lactam (4-membered cyclic amide) rings is 1. The van der Waals surface area contributed by atoms with E-state index < -0.39 is 41.3 Å². The number of hydrogen-bond acceptors (Lipinski definition) is 13. The minimum Gasteiger partial charge on any atom is -0.492 e. The molecule has 15 heteroatoms. The SMILES string of the molecule is CO/N=C(\C(=O)N[C@@H]1C(=O)N2C(C(=O)OC(c3ccccc3)c3ccccc3)=C(/C=C3/OC(=O)C(C)=C3OC)CS[C@@H]12)c1csc(N)n1. The summed E-state index contributed by atoms with van der Waals surface area (Å²) >= 11 is 2.42. The van der Waals surface area contributed by atoms with Crippen LogP contribution in [-0.2, 0) is 38.2 Å². The van der Waals surface area contributed by atoms with Crippen LogP contribution in [0.4, 0.5) is 5.13 Å². The van der Waals surface area contributed by atoms with Gasteiger partial charge in [-0.2, -0.15) is 0 Å². The van der Waals surface area contributed by atoms with Crippen LogP contribution in [0.5, 0.6) is 0 Å². The van der Waals surface area contributed by atoms with Crippen LogP contribution in [0.3, 0.4) is 0 Å². The summed E-state index contributed by atoms with van der Waals surface area (Å²) in [7, 11) is 2.68. The van der Waals surface area contributed by atoms with Crippen molar-refractivity contribution in [3.05, 3.63) is 117 Å². The van der Waals surface area contributed by atoms with Crippen molar-refractivity contribution in [1.82, 2.24) is 15.2 Å². The Kier molecular flexibility index (Phi) is 9.32. The number of benzene rings is 2. The van der Waals surface area contributed by atoms with Crippen LogP contribution in [0, 0.1) is 0 Å². The zero-order valence-electron chi connectivity index (χ0n) is 25.9. The molecule has 246 valence electrons. The second-order valence-corrected chi connectivity index (χ2v) is 12.6.